The number of hydrogen-bond acceptors (Lipinski definition) is 4. The Labute approximate surface area is 111 Å². The second-order valence-electron chi connectivity index (χ2n) is 4.39. The molecule has 1 rings (SSSR count). The van der Waals surface area contributed by atoms with Crippen LogP contribution in [0.3, 0.4) is 0 Å². The van der Waals surface area contributed by atoms with Crippen molar-refractivity contribution < 1.29 is 19.4 Å². The first kappa shape index (κ1) is 14.8. The molecule has 0 unspecified atom stereocenters. The molecule has 0 aliphatic carbocycles. The van der Waals surface area contributed by atoms with Crippen LogP contribution in [0.5, 0.6) is 0 Å². The lowest BCUT2D eigenvalue weighted by Gasteiger charge is -2.22. The topological polar surface area (TPSA) is 87.7 Å². The zero-order valence-corrected chi connectivity index (χ0v) is 10.9. The smallest absolute Gasteiger partial charge is 0.450 e. The number of ether oxygens (including phenoxy) is 1. The average molecular weight is 266 g/mol. The Morgan fingerprint density at radius 2 is 2.00 bits per heavy atom. The van der Waals surface area contributed by atoms with Crippen LogP contribution in [0.25, 0.3) is 0 Å². The molecule has 1 aromatic rings. The van der Waals surface area contributed by atoms with Gasteiger partial charge in [-0.2, -0.15) is 0 Å². The lowest BCUT2D eigenvalue weighted by molar-refractivity contribution is -0.109. The van der Waals surface area contributed by atoms with E-state index in [2.05, 4.69) is 10.6 Å². The lowest BCUT2D eigenvalue weighted by atomic mass is 10.1. The predicted molar refractivity (Wildman–Crippen MR) is 70.7 cm³/mol. The number of carbonyl (C=O) groups excluding carboxylic acids is 1. The summed E-state index contributed by atoms with van der Waals surface area (Å²) in [5.41, 5.74) is 1.72. The third-order valence-electron chi connectivity index (χ3n) is 2.49. The van der Waals surface area contributed by atoms with Crippen molar-refractivity contribution in [3.05, 3.63) is 29.8 Å². The molecule has 0 aliphatic heterocycles. The van der Waals surface area contributed by atoms with Crippen molar-refractivity contribution in [1.29, 1.82) is 0 Å². The van der Waals surface area contributed by atoms with Crippen LogP contribution in [0, 0.1) is 5.92 Å². The minimum absolute atomic E-state index is 0.00695. The second-order valence-corrected chi connectivity index (χ2v) is 4.39. The molecule has 0 spiro atoms. The summed E-state index contributed by atoms with van der Waals surface area (Å²) in [6.45, 7) is 4.19. The van der Waals surface area contributed by atoms with E-state index in [-0.39, 0.29) is 5.92 Å². The molecule has 0 bridgehead atoms. The maximum absolute atomic E-state index is 10.6. The van der Waals surface area contributed by atoms with Crippen molar-refractivity contribution in [3.8, 4) is 0 Å². The van der Waals surface area contributed by atoms with Crippen LogP contribution >= 0.6 is 0 Å². The van der Waals surface area contributed by atoms with Crippen LogP contribution < -0.4 is 10.6 Å². The number of anilines is 1. The van der Waals surface area contributed by atoms with E-state index >= 15 is 0 Å². The Morgan fingerprint density at radius 1 is 1.37 bits per heavy atom. The van der Waals surface area contributed by atoms with Gasteiger partial charge in [-0.05, 0) is 17.7 Å². The van der Waals surface area contributed by atoms with Gasteiger partial charge in [-0.3, -0.25) is 4.79 Å². The molecule has 1 atom stereocenters. The van der Waals surface area contributed by atoms with Gasteiger partial charge in [0.15, 0.2) is 6.23 Å². The Balaban J connectivity index is 2.63. The maximum atomic E-state index is 10.6. The first-order valence-corrected chi connectivity index (χ1v) is 5.95. The van der Waals surface area contributed by atoms with Gasteiger partial charge in [0.05, 0.1) is 0 Å². The van der Waals surface area contributed by atoms with Crippen LogP contribution in [0.1, 0.15) is 19.4 Å². The Bertz CT molecular complexity index is 417. The van der Waals surface area contributed by atoms with Crippen molar-refractivity contribution in [2.24, 2.45) is 5.92 Å². The van der Waals surface area contributed by atoms with E-state index in [9.17, 15) is 9.59 Å². The summed E-state index contributed by atoms with van der Waals surface area (Å²) in [4.78, 5) is 20.7. The van der Waals surface area contributed by atoms with E-state index < -0.39 is 12.4 Å². The van der Waals surface area contributed by atoms with E-state index in [0.29, 0.717) is 13.0 Å². The van der Waals surface area contributed by atoms with Crippen molar-refractivity contribution >= 4 is 18.3 Å². The summed E-state index contributed by atoms with van der Waals surface area (Å²) in [7, 11) is 0. The number of carboxylic acid groups (broad SMARTS) is 1. The quantitative estimate of drug-likeness (QED) is 0.399. The first-order valence-electron chi connectivity index (χ1n) is 5.95. The third-order valence-corrected chi connectivity index (χ3v) is 2.49. The van der Waals surface area contributed by atoms with Gasteiger partial charge in [-0.1, -0.05) is 26.0 Å². The number of hydrogen-bond donors (Lipinski definition) is 3. The summed E-state index contributed by atoms with van der Waals surface area (Å²) in [6, 6.07) is 7.30. The van der Waals surface area contributed by atoms with Gasteiger partial charge in [-0.15, -0.1) is 0 Å². The fourth-order valence-corrected chi connectivity index (χ4v) is 1.48. The summed E-state index contributed by atoms with van der Waals surface area (Å²) in [5.74, 6) is 0.00695. The highest BCUT2D eigenvalue weighted by molar-refractivity contribution is 5.58. The molecule has 3 N–H and O–H groups in total. The fraction of sp³-hybridized carbons (Fsp3) is 0.385. The Kier molecular flexibility index (Phi) is 5.66. The minimum atomic E-state index is -1.31. The second kappa shape index (κ2) is 7.25. The third kappa shape index (κ3) is 5.29. The summed E-state index contributed by atoms with van der Waals surface area (Å²) >= 11 is 0. The molecule has 0 saturated carbocycles. The molecule has 0 heterocycles. The number of carbonyl (C=O) groups is 2. The zero-order valence-electron chi connectivity index (χ0n) is 10.9. The van der Waals surface area contributed by atoms with Gasteiger partial charge in [0.25, 0.3) is 0 Å². The van der Waals surface area contributed by atoms with Gasteiger partial charge >= 0.3 is 6.16 Å². The van der Waals surface area contributed by atoms with E-state index in [1.807, 2.05) is 38.1 Å². The normalized spacial score (nSPS) is 11.7. The van der Waals surface area contributed by atoms with Gasteiger partial charge in [0.1, 0.15) is 0 Å². The standard InChI is InChI=1S/C13H18N2O4/c1-9(2)12(19-13(17)18)15-11-5-3-10(4-6-11)7-14-8-16/h3-6,8-9,12,15H,7H2,1-2H3,(H,14,16)(H,17,18)/t12-/m0/s1. The Morgan fingerprint density at radius 3 is 2.47 bits per heavy atom. The van der Waals surface area contributed by atoms with Crippen molar-refractivity contribution in [2.45, 2.75) is 26.6 Å². The minimum Gasteiger partial charge on any atom is -0.450 e. The molecule has 0 saturated heterocycles. The highest BCUT2D eigenvalue weighted by atomic mass is 16.7. The van der Waals surface area contributed by atoms with Crippen LogP contribution in [0.15, 0.2) is 24.3 Å². The fourth-order valence-electron chi connectivity index (χ4n) is 1.48. The average Bonchev–Trinajstić information content (AvgIpc) is 2.36. The number of amides is 1. The predicted octanol–water partition coefficient (Wildman–Crippen LogP) is 2.02. The van der Waals surface area contributed by atoms with E-state index in [1.54, 1.807) is 0 Å². The molecule has 6 nitrogen and oxygen atoms in total. The van der Waals surface area contributed by atoms with Crippen molar-refractivity contribution in [3.63, 3.8) is 0 Å². The number of nitrogens with one attached hydrogen (secondary N) is 2. The number of benzene rings is 1. The van der Waals surface area contributed by atoms with Gasteiger partial charge in [-0.25, -0.2) is 4.79 Å². The molecule has 19 heavy (non-hydrogen) atoms. The molecule has 1 aromatic carbocycles. The largest absolute Gasteiger partial charge is 0.507 e. The van der Waals surface area contributed by atoms with Gasteiger partial charge in [0.2, 0.25) is 6.41 Å². The maximum Gasteiger partial charge on any atom is 0.507 e. The molecule has 104 valence electrons. The molecule has 0 aliphatic rings. The zero-order chi connectivity index (χ0) is 14.3. The van der Waals surface area contributed by atoms with Crippen LogP contribution in [-0.4, -0.2) is 23.9 Å². The van der Waals surface area contributed by atoms with Gasteiger partial charge < -0.3 is 20.5 Å². The highest BCUT2D eigenvalue weighted by Crippen LogP contribution is 2.15. The lowest BCUT2D eigenvalue weighted by Crippen LogP contribution is -2.30. The van der Waals surface area contributed by atoms with Crippen molar-refractivity contribution in [1.82, 2.24) is 5.32 Å². The molecule has 1 amide bonds. The molecular weight excluding hydrogens is 248 g/mol. The molecule has 0 radical (unpaired) electrons. The molecule has 6 heteroatoms. The van der Waals surface area contributed by atoms with E-state index in [4.69, 9.17) is 9.84 Å². The summed E-state index contributed by atoms with van der Waals surface area (Å²) in [5, 5.41) is 14.2. The van der Waals surface area contributed by atoms with Crippen LogP contribution in [0.2, 0.25) is 0 Å². The first-order chi connectivity index (χ1) is 9.02. The summed E-state index contributed by atoms with van der Waals surface area (Å²) in [6.07, 6.45) is -1.27. The monoisotopic (exact) mass is 266 g/mol. The van der Waals surface area contributed by atoms with Crippen molar-refractivity contribution in [2.75, 3.05) is 5.32 Å². The highest BCUT2D eigenvalue weighted by Gasteiger charge is 2.17. The SMILES string of the molecule is CC(C)[C@@H](Nc1ccc(CNC=O)cc1)OC(=O)O. The molecular formula is C13H18N2O4. The van der Waals surface area contributed by atoms with Crippen LogP contribution in [0.4, 0.5) is 10.5 Å². The van der Waals surface area contributed by atoms with Gasteiger partial charge in [0, 0.05) is 18.2 Å². The van der Waals surface area contributed by atoms with E-state index in [1.165, 1.54) is 0 Å². The van der Waals surface area contributed by atoms with Crippen LogP contribution in [-0.2, 0) is 16.1 Å². The van der Waals surface area contributed by atoms with E-state index in [0.717, 1.165) is 11.3 Å². The molecule has 0 aromatic heterocycles. The number of rotatable bonds is 7. The summed E-state index contributed by atoms with van der Waals surface area (Å²) < 4.78 is 4.76. The molecule has 0 fully saturated rings. The Hall–Kier alpha value is -2.24.